The molecule has 3 N–H and O–H groups in total. The Morgan fingerprint density at radius 1 is 1.06 bits per heavy atom. The van der Waals surface area contributed by atoms with Crippen LogP contribution in [0.1, 0.15) is 12.8 Å². The number of aliphatic hydroxyl groups excluding tert-OH is 1. The lowest BCUT2D eigenvalue weighted by atomic mass is 10.1. The molecule has 0 heterocycles. The first-order chi connectivity index (χ1) is 8.81. The van der Waals surface area contributed by atoms with E-state index in [-0.39, 0.29) is 6.10 Å². The molecule has 3 heteroatoms. The van der Waals surface area contributed by atoms with Gasteiger partial charge in [0, 0.05) is 11.8 Å². The summed E-state index contributed by atoms with van der Waals surface area (Å²) in [6.07, 6.45) is 0.865. The molecule has 1 unspecified atom stereocenters. The van der Waals surface area contributed by atoms with Gasteiger partial charge >= 0.3 is 0 Å². The second-order valence-electron chi connectivity index (χ2n) is 4.35. The van der Waals surface area contributed by atoms with E-state index in [1.54, 1.807) is 0 Å². The largest absolute Gasteiger partial charge is 0.493 e. The summed E-state index contributed by atoms with van der Waals surface area (Å²) in [5, 5.41) is 11.8. The van der Waals surface area contributed by atoms with Crippen LogP contribution in [0.4, 0.5) is 0 Å². The van der Waals surface area contributed by atoms with Crippen LogP contribution >= 0.6 is 0 Å². The topological polar surface area (TPSA) is 55.5 Å². The molecule has 2 aromatic rings. The Hall–Kier alpha value is -1.58. The third-order valence-electron chi connectivity index (χ3n) is 2.96. The third-order valence-corrected chi connectivity index (χ3v) is 2.96. The molecular formula is C15H19NO2. The van der Waals surface area contributed by atoms with E-state index in [1.807, 2.05) is 30.3 Å². The van der Waals surface area contributed by atoms with Gasteiger partial charge < -0.3 is 15.6 Å². The van der Waals surface area contributed by atoms with Crippen LogP contribution in [0.3, 0.4) is 0 Å². The van der Waals surface area contributed by atoms with Crippen molar-refractivity contribution in [1.82, 2.24) is 0 Å². The van der Waals surface area contributed by atoms with Crippen LogP contribution in [0.15, 0.2) is 42.5 Å². The second-order valence-corrected chi connectivity index (χ2v) is 4.35. The summed E-state index contributed by atoms with van der Waals surface area (Å²) in [6.45, 7) is 1.02. The zero-order valence-corrected chi connectivity index (χ0v) is 10.4. The van der Waals surface area contributed by atoms with Crippen molar-refractivity contribution in [2.45, 2.75) is 18.9 Å². The maximum Gasteiger partial charge on any atom is 0.127 e. The van der Waals surface area contributed by atoms with E-state index < -0.39 is 0 Å². The molecule has 2 rings (SSSR count). The first-order valence-corrected chi connectivity index (χ1v) is 6.30. The lowest BCUT2D eigenvalue weighted by Crippen LogP contribution is -2.16. The van der Waals surface area contributed by atoms with E-state index in [0.717, 1.165) is 16.5 Å². The summed E-state index contributed by atoms with van der Waals surface area (Å²) in [4.78, 5) is 0. The van der Waals surface area contributed by atoms with Crippen molar-refractivity contribution < 1.29 is 9.84 Å². The SMILES string of the molecule is NCCC(O)CCOc1cccc2ccccc12. The minimum absolute atomic E-state index is 0.370. The van der Waals surface area contributed by atoms with Gasteiger partial charge in [-0.25, -0.2) is 0 Å². The number of benzene rings is 2. The van der Waals surface area contributed by atoms with Gasteiger partial charge in [0.25, 0.3) is 0 Å². The lowest BCUT2D eigenvalue weighted by Gasteiger charge is -2.12. The Morgan fingerprint density at radius 3 is 2.67 bits per heavy atom. The van der Waals surface area contributed by atoms with Crippen LogP contribution < -0.4 is 10.5 Å². The van der Waals surface area contributed by atoms with Crippen LogP contribution in [0.2, 0.25) is 0 Å². The Balaban J connectivity index is 1.99. The minimum Gasteiger partial charge on any atom is -0.493 e. The molecule has 0 amide bonds. The highest BCUT2D eigenvalue weighted by atomic mass is 16.5. The highest BCUT2D eigenvalue weighted by molar-refractivity contribution is 5.88. The van der Waals surface area contributed by atoms with E-state index in [4.69, 9.17) is 10.5 Å². The number of ether oxygens (including phenoxy) is 1. The molecule has 3 nitrogen and oxygen atoms in total. The molecular weight excluding hydrogens is 226 g/mol. The monoisotopic (exact) mass is 245 g/mol. The Kier molecular flexibility index (Phi) is 4.56. The fourth-order valence-electron chi connectivity index (χ4n) is 1.96. The number of rotatable bonds is 6. The maximum atomic E-state index is 9.58. The Bertz CT molecular complexity index is 493. The molecule has 0 bridgehead atoms. The summed E-state index contributed by atoms with van der Waals surface area (Å²) < 4.78 is 5.74. The quantitative estimate of drug-likeness (QED) is 0.821. The van der Waals surface area contributed by atoms with Gasteiger partial charge in [0.15, 0.2) is 0 Å². The molecule has 0 spiro atoms. The smallest absolute Gasteiger partial charge is 0.127 e. The van der Waals surface area contributed by atoms with Crippen molar-refractivity contribution in [3.8, 4) is 5.75 Å². The van der Waals surface area contributed by atoms with E-state index in [9.17, 15) is 5.11 Å². The second kappa shape index (κ2) is 6.38. The van der Waals surface area contributed by atoms with Gasteiger partial charge in [0.1, 0.15) is 5.75 Å². The van der Waals surface area contributed by atoms with Gasteiger partial charge in [0.05, 0.1) is 12.7 Å². The summed E-state index contributed by atoms with van der Waals surface area (Å²) >= 11 is 0. The molecule has 1 atom stereocenters. The number of fused-ring (bicyclic) bond motifs is 1. The van der Waals surface area contributed by atoms with Gasteiger partial charge in [0.2, 0.25) is 0 Å². The molecule has 0 aromatic heterocycles. The summed E-state index contributed by atoms with van der Waals surface area (Å²) in [5.41, 5.74) is 5.39. The lowest BCUT2D eigenvalue weighted by molar-refractivity contribution is 0.133. The molecule has 0 saturated carbocycles. The van der Waals surface area contributed by atoms with Gasteiger partial charge in [-0.2, -0.15) is 0 Å². The van der Waals surface area contributed by atoms with Crippen molar-refractivity contribution in [1.29, 1.82) is 0 Å². The van der Waals surface area contributed by atoms with E-state index in [1.165, 1.54) is 0 Å². The number of aliphatic hydroxyl groups is 1. The van der Waals surface area contributed by atoms with Crippen molar-refractivity contribution in [2.24, 2.45) is 5.73 Å². The molecule has 0 radical (unpaired) electrons. The summed E-state index contributed by atoms with van der Waals surface area (Å²) in [7, 11) is 0. The van der Waals surface area contributed by atoms with Crippen molar-refractivity contribution in [3.63, 3.8) is 0 Å². The van der Waals surface area contributed by atoms with E-state index in [0.29, 0.717) is 26.0 Å². The maximum absolute atomic E-state index is 9.58. The fraction of sp³-hybridized carbons (Fsp3) is 0.333. The molecule has 0 aliphatic heterocycles. The molecule has 0 aliphatic rings. The first-order valence-electron chi connectivity index (χ1n) is 6.30. The molecule has 0 saturated heterocycles. The van der Waals surface area contributed by atoms with Gasteiger partial charge in [-0.05, 0) is 24.4 Å². The zero-order chi connectivity index (χ0) is 12.8. The fourth-order valence-corrected chi connectivity index (χ4v) is 1.96. The molecule has 0 fully saturated rings. The number of nitrogens with two attached hydrogens (primary N) is 1. The predicted molar refractivity (Wildman–Crippen MR) is 73.7 cm³/mol. The van der Waals surface area contributed by atoms with Crippen LogP contribution in [0.25, 0.3) is 10.8 Å². The van der Waals surface area contributed by atoms with Gasteiger partial charge in [-0.1, -0.05) is 36.4 Å². The van der Waals surface area contributed by atoms with Crippen molar-refractivity contribution in [3.05, 3.63) is 42.5 Å². The number of hydrogen-bond donors (Lipinski definition) is 2. The standard InChI is InChI=1S/C15H19NO2/c16-10-8-13(17)9-11-18-15-7-3-5-12-4-1-2-6-14(12)15/h1-7,13,17H,8-11,16H2. The van der Waals surface area contributed by atoms with E-state index in [2.05, 4.69) is 12.1 Å². The van der Waals surface area contributed by atoms with Crippen molar-refractivity contribution in [2.75, 3.05) is 13.2 Å². The molecule has 18 heavy (non-hydrogen) atoms. The van der Waals surface area contributed by atoms with Crippen molar-refractivity contribution >= 4 is 10.8 Å². The highest BCUT2D eigenvalue weighted by Gasteiger charge is 2.04. The molecule has 2 aromatic carbocycles. The van der Waals surface area contributed by atoms with Gasteiger partial charge in [-0.15, -0.1) is 0 Å². The normalized spacial score (nSPS) is 12.6. The zero-order valence-electron chi connectivity index (χ0n) is 10.4. The number of hydrogen-bond acceptors (Lipinski definition) is 3. The average Bonchev–Trinajstić information content (AvgIpc) is 2.39. The van der Waals surface area contributed by atoms with Gasteiger partial charge in [-0.3, -0.25) is 0 Å². The molecule has 0 aliphatic carbocycles. The van der Waals surface area contributed by atoms with Crippen LogP contribution in [-0.4, -0.2) is 24.4 Å². The van der Waals surface area contributed by atoms with Crippen LogP contribution in [-0.2, 0) is 0 Å². The van der Waals surface area contributed by atoms with Crippen LogP contribution in [0, 0.1) is 0 Å². The Labute approximate surface area is 107 Å². The first kappa shape index (κ1) is 12.9. The summed E-state index contributed by atoms with van der Waals surface area (Å²) in [5.74, 6) is 0.869. The Morgan fingerprint density at radius 2 is 1.83 bits per heavy atom. The minimum atomic E-state index is -0.370. The van der Waals surface area contributed by atoms with Crippen LogP contribution in [0.5, 0.6) is 5.75 Å². The molecule has 96 valence electrons. The predicted octanol–water partition coefficient (Wildman–Crippen LogP) is 2.32. The third kappa shape index (κ3) is 3.22. The summed E-state index contributed by atoms with van der Waals surface area (Å²) in [6, 6.07) is 14.1. The average molecular weight is 245 g/mol. The highest BCUT2D eigenvalue weighted by Crippen LogP contribution is 2.25. The van der Waals surface area contributed by atoms with E-state index >= 15 is 0 Å².